The molecule has 0 unspecified atom stereocenters. The van der Waals surface area contributed by atoms with E-state index in [0.717, 1.165) is 0 Å². The SMILES string of the molecule is O=S(=O)(O)O.[HH].[HH].[HH].[HH].[HH].[HH].[HH].[HH].[HH].[HH].[HH].[HH].[HH].[HH].[HH].[HH].[HH].[HH]. The smallest absolute Gasteiger partial charge is 0.264 e. The fraction of sp³-hybridized carbons (Fsp3) is 0. The molecule has 2 N–H and O–H groups in total. The third-order valence-corrected chi connectivity index (χ3v) is 0. The number of hydrogen-bond acceptors (Lipinski definition) is 2. The van der Waals surface area contributed by atoms with E-state index in [2.05, 4.69) is 0 Å². The van der Waals surface area contributed by atoms with Crippen LogP contribution in [-0.4, -0.2) is 17.5 Å². The fourth-order valence-corrected chi connectivity index (χ4v) is 0. The van der Waals surface area contributed by atoms with E-state index >= 15 is 0 Å². The molecule has 5 heteroatoms. The third-order valence-electron chi connectivity index (χ3n) is 0. The van der Waals surface area contributed by atoms with Crippen molar-refractivity contribution in [3.63, 3.8) is 0 Å². The van der Waals surface area contributed by atoms with E-state index in [0.29, 0.717) is 0 Å². The minimum Gasteiger partial charge on any atom is -0.264 e. The first kappa shape index (κ1) is 4.87. The zero-order valence-corrected chi connectivity index (χ0v) is 2.94. The minimum absolute atomic E-state index is 0. The molecule has 0 atom stereocenters. The van der Waals surface area contributed by atoms with Crippen molar-refractivity contribution in [3.8, 4) is 0 Å². The normalized spacial score (nSPS) is 11.6. The second kappa shape index (κ2) is 0.925. The van der Waals surface area contributed by atoms with Gasteiger partial charge in [-0.15, -0.1) is 0 Å². The van der Waals surface area contributed by atoms with Crippen molar-refractivity contribution in [3.05, 3.63) is 0 Å². The predicted molar refractivity (Wildman–Crippen MR) is 52.2 cm³/mol. The molecular weight excluding hydrogens is 96.1 g/mol. The Bertz CT molecular complexity index is 104. The predicted octanol–water partition coefficient (Wildman–Crippen LogP) is 3.78. The Hall–Kier alpha value is -0.130. The molecule has 0 rings (SSSR count). The van der Waals surface area contributed by atoms with E-state index < -0.39 is 10.4 Å². The summed E-state index contributed by atoms with van der Waals surface area (Å²) in [5, 5.41) is 0. The first-order chi connectivity index (χ1) is 2.00. The Balaban J connectivity index is -0.000000000523. The van der Waals surface area contributed by atoms with Crippen molar-refractivity contribution < 1.29 is 43.2 Å². The van der Waals surface area contributed by atoms with Crippen LogP contribution < -0.4 is 0 Å². The van der Waals surface area contributed by atoms with Gasteiger partial charge in [0.05, 0.1) is 0 Å². The van der Waals surface area contributed by atoms with Gasteiger partial charge in [-0.05, 0) is 0 Å². The van der Waals surface area contributed by atoms with E-state index in [1.165, 1.54) is 0 Å². The van der Waals surface area contributed by atoms with Gasteiger partial charge >= 0.3 is 10.4 Å². The Kier molecular flexibility index (Phi) is 0.901. The molecule has 0 spiro atoms. The molecule has 0 aromatic carbocycles. The summed E-state index contributed by atoms with van der Waals surface area (Å²) in [4.78, 5) is 0. The molecular formula is H38O4S. The zero-order valence-electron chi connectivity index (χ0n) is 2.12. The molecule has 0 aliphatic carbocycles. The Morgan fingerprint density at radius 3 is 1.40 bits per heavy atom. The Morgan fingerprint density at radius 1 is 1.40 bits per heavy atom. The van der Waals surface area contributed by atoms with Crippen molar-refractivity contribution in [2.45, 2.75) is 0 Å². The Labute approximate surface area is 55.7 Å². The highest BCUT2D eigenvalue weighted by Crippen LogP contribution is 1.59. The molecule has 0 fully saturated rings. The van der Waals surface area contributed by atoms with Gasteiger partial charge in [-0.3, -0.25) is 9.11 Å². The van der Waals surface area contributed by atoms with Crippen molar-refractivity contribution in [2.75, 3.05) is 0 Å². The standard InChI is InChI=1S/H2O4S.18H2/c1-5(2,3)4;;;;;;;;;;;;;;;;;;/h(H2,1,2,3,4);18*1H. The molecule has 0 aromatic rings. The van der Waals surface area contributed by atoms with Gasteiger partial charge in [-0.25, -0.2) is 0 Å². The first-order valence-corrected chi connectivity index (χ1v) is 2.10. The molecule has 0 heterocycles. The van der Waals surface area contributed by atoms with E-state index in [-0.39, 0.29) is 25.7 Å². The molecule has 5 heavy (non-hydrogen) atoms. The molecule has 0 aromatic heterocycles. The summed E-state index contributed by atoms with van der Waals surface area (Å²) in [6.07, 6.45) is 0. The maximum absolute atomic E-state index is 8.74. The summed E-state index contributed by atoms with van der Waals surface area (Å²) in [5.41, 5.74) is 0. The maximum atomic E-state index is 8.74. The highest BCUT2D eigenvalue weighted by atomic mass is 32.3. The summed E-state index contributed by atoms with van der Waals surface area (Å²) >= 11 is 0. The topological polar surface area (TPSA) is 74.6 Å². The van der Waals surface area contributed by atoms with Crippen molar-refractivity contribution >= 4 is 10.4 Å². The number of hydrogen-bond donors (Lipinski definition) is 2. The molecule has 0 radical (unpaired) electrons. The molecule has 0 aliphatic rings. The maximum Gasteiger partial charge on any atom is 0.394 e. The average Bonchev–Trinajstić information content (AvgIpc) is 0.722. The van der Waals surface area contributed by atoms with Crippen molar-refractivity contribution in [2.24, 2.45) is 0 Å². The van der Waals surface area contributed by atoms with Crippen LogP contribution in [0.5, 0.6) is 0 Å². The van der Waals surface area contributed by atoms with Crippen LogP contribution in [0.2, 0.25) is 0 Å². The van der Waals surface area contributed by atoms with Crippen LogP contribution in [0.3, 0.4) is 0 Å². The van der Waals surface area contributed by atoms with Crippen molar-refractivity contribution in [1.82, 2.24) is 0 Å². The van der Waals surface area contributed by atoms with Gasteiger partial charge in [-0.2, -0.15) is 8.42 Å². The van der Waals surface area contributed by atoms with Crippen LogP contribution in [0.1, 0.15) is 25.7 Å². The first-order valence-electron chi connectivity index (χ1n) is 0.698. The average molecular weight is 134 g/mol. The van der Waals surface area contributed by atoms with Crippen LogP contribution >= 0.6 is 0 Å². The zero-order chi connectivity index (χ0) is 4.50. The molecule has 68 valence electrons. The van der Waals surface area contributed by atoms with Crippen LogP contribution in [0.15, 0.2) is 0 Å². The monoisotopic (exact) mass is 134 g/mol. The van der Waals surface area contributed by atoms with Gasteiger partial charge in [-0.1, -0.05) is 0 Å². The van der Waals surface area contributed by atoms with Crippen molar-refractivity contribution in [1.29, 1.82) is 0 Å². The lowest BCUT2D eigenvalue weighted by atomic mass is 15.8. The van der Waals surface area contributed by atoms with E-state index in [1.807, 2.05) is 0 Å². The summed E-state index contributed by atoms with van der Waals surface area (Å²) in [7, 11) is -4.67. The Morgan fingerprint density at radius 2 is 1.40 bits per heavy atom. The third kappa shape index (κ3) is 801. The highest BCUT2D eigenvalue weighted by molar-refractivity contribution is 7.79. The van der Waals surface area contributed by atoms with Gasteiger partial charge in [0.1, 0.15) is 0 Å². The molecule has 0 bridgehead atoms. The van der Waals surface area contributed by atoms with E-state index in [9.17, 15) is 0 Å². The molecule has 4 nitrogen and oxygen atoms in total. The lowest BCUT2D eigenvalue weighted by Gasteiger charge is -1.68. The van der Waals surface area contributed by atoms with Gasteiger partial charge in [0.25, 0.3) is 0 Å². The summed E-state index contributed by atoms with van der Waals surface area (Å²) in [5.74, 6) is 0. The highest BCUT2D eigenvalue weighted by Gasteiger charge is 1.84. The quantitative estimate of drug-likeness (QED) is 0.494. The summed E-state index contributed by atoms with van der Waals surface area (Å²) in [6, 6.07) is 0. The molecule has 0 aliphatic heterocycles. The lowest BCUT2D eigenvalue weighted by Crippen LogP contribution is -1.89. The summed E-state index contributed by atoms with van der Waals surface area (Å²) < 4.78 is 31.6. The lowest BCUT2D eigenvalue weighted by molar-refractivity contribution is 0.381. The van der Waals surface area contributed by atoms with Crippen LogP contribution in [0.4, 0.5) is 0 Å². The van der Waals surface area contributed by atoms with E-state index in [1.54, 1.807) is 0 Å². The molecule has 0 amide bonds. The largest absolute Gasteiger partial charge is 0.394 e. The van der Waals surface area contributed by atoms with Gasteiger partial charge in [0.2, 0.25) is 0 Å². The van der Waals surface area contributed by atoms with Crippen LogP contribution in [0.25, 0.3) is 0 Å². The second-order valence-electron chi connectivity index (χ2n) is 0.448. The summed E-state index contributed by atoms with van der Waals surface area (Å²) in [6.45, 7) is 0. The van der Waals surface area contributed by atoms with Gasteiger partial charge < -0.3 is 0 Å². The van der Waals surface area contributed by atoms with Crippen LogP contribution in [-0.2, 0) is 10.4 Å². The molecule has 0 saturated carbocycles. The molecule has 0 saturated heterocycles. The van der Waals surface area contributed by atoms with Gasteiger partial charge in [0.15, 0.2) is 0 Å². The van der Waals surface area contributed by atoms with Gasteiger partial charge in [0, 0.05) is 25.7 Å². The number of rotatable bonds is 0. The van der Waals surface area contributed by atoms with E-state index in [4.69, 9.17) is 17.5 Å². The minimum atomic E-state index is -4.67. The van der Waals surface area contributed by atoms with Crippen LogP contribution in [0, 0.1) is 0 Å². The second-order valence-corrected chi connectivity index (χ2v) is 1.34. The fourth-order valence-electron chi connectivity index (χ4n) is 0.